The SMILES string of the molecule is O=C(NCCN1CCOCC1)c1cccc(-n2ccc3cc(Nc4ccccc4Cl)ccc32)c1. The molecule has 0 bridgehead atoms. The van der Waals surface area contributed by atoms with Crippen LogP contribution in [0.15, 0.2) is 79.0 Å². The highest BCUT2D eigenvalue weighted by Crippen LogP contribution is 2.28. The number of ether oxygens (including phenoxy) is 1. The van der Waals surface area contributed by atoms with E-state index >= 15 is 0 Å². The molecule has 5 rings (SSSR count). The Bertz CT molecular complexity index is 1300. The van der Waals surface area contributed by atoms with Crippen molar-refractivity contribution in [3.63, 3.8) is 0 Å². The Hall–Kier alpha value is -3.32. The van der Waals surface area contributed by atoms with Crippen molar-refractivity contribution in [2.45, 2.75) is 0 Å². The fraction of sp³-hybridized carbons (Fsp3) is 0.222. The van der Waals surface area contributed by atoms with Crippen LogP contribution in [-0.2, 0) is 4.74 Å². The summed E-state index contributed by atoms with van der Waals surface area (Å²) >= 11 is 6.28. The van der Waals surface area contributed by atoms with Gasteiger partial charge in [0.25, 0.3) is 5.91 Å². The van der Waals surface area contributed by atoms with Gasteiger partial charge in [-0.25, -0.2) is 0 Å². The first kappa shape index (κ1) is 22.5. The minimum atomic E-state index is -0.0576. The molecule has 0 spiro atoms. The lowest BCUT2D eigenvalue weighted by atomic mass is 10.1. The third-order valence-electron chi connectivity index (χ3n) is 6.05. The average Bonchev–Trinajstić information content (AvgIpc) is 3.29. The molecule has 2 heterocycles. The maximum Gasteiger partial charge on any atom is 0.251 e. The standard InChI is InChI=1S/C27H27ClN4O2/c28-24-6-1-2-7-25(24)30-22-8-9-26-20(18-22)10-12-32(26)23-5-3-4-21(19-23)27(33)29-11-13-31-14-16-34-17-15-31/h1-10,12,18-19,30H,11,13-17H2,(H,29,33). The maximum atomic E-state index is 12.7. The van der Waals surface area contributed by atoms with Crippen LogP contribution < -0.4 is 10.6 Å². The van der Waals surface area contributed by atoms with Crippen molar-refractivity contribution in [2.75, 3.05) is 44.7 Å². The molecule has 1 aromatic heterocycles. The molecule has 0 unspecified atom stereocenters. The Labute approximate surface area is 204 Å². The minimum Gasteiger partial charge on any atom is -0.379 e. The number of fused-ring (bicyclic) bond motifs is 1. The molecule has 4 aromatic rings. The normalized spacial score (nSPS) is 14.3. The Morgan fingerprint density at radius 3 is 2.68 bits per heavy atom. The number of rotatable bonds is 7. The molecule has 7 heteroatoms. The molecule has 2 N–H and O–H groups in total. The summed E-state index contributed by atoms with van der Waals surface area (Å²) in [6.07, 6.45) is 2.03. The predicted molar refractivity (Wildman–Crippen MR) is 138 cm³/mol. The van der Waals surface area contributed by atoms with Gasteiger partial charge in [-0.3, -0.25) is 9.69 Å². The lowest BCUT2D eigenvalue weighted by molar-refractivity contribution is 0.0383. The van der Waals surface area contributed by atoms with E-state index < -0.39 is 0 Å². The van der Waals surface area contributed by atoms with Crippen molar-refractivity contribution < 1.29 is 9.53 Å². The first-order valence-corrected chi connectivity index (χ1v) is 11.9. The van der Waals surface area contributed by atoms with Crippen LogP contribution in [0.25, 0.3) is 16.6 Å². The second-order valence-corrected chi connectivity index (χ2v) is 8.73. The van der Waals surface area contributed by atoms with Crippen LogP contribution >= 0.6 is 11.6 Å². The number of benzene rings is 3. The van der Waals surface area contributed by atoms with E-state index in [-0.39, 0.29) is 5.91 Å². The van der Waals surface area contributed by atoms with Crippen molar-refractivity contribution in [3.05, 3.63) is 89.6 Å². The van der Waals surface area contributed by atoms with E-state index in [0.717, 1.165) is 60.8 Å². The summed E-state index contributed by atoms with van der Waals surface area (Å²) in [6.45, 7) is 4.82. The van der Waals surface area contributed by atoms with Gasteiger partial charge in [-0.2, -0.15) is 0 Å². The monoisotopic (exact) mass is 474 g/mol. The van der Waals surface area contributed by atoms with Crippen molar-refractivity contribution in [1.82, 2.24) is 14.8 Å². The Kier molecular flexibility index (Phi) is 6.81. The zero-order chi connectivity index (χ0) is 23.3. The van der Waals surface area contributed by atoms with Crippen LogP contribution in [0.1, 0.15) is 10.4 Å². The molecule has 0 aliphatic carbocycles. The summed E-state index contributed by atoms with van der Waals surface area (Å²) in [6, 6.07) is 23.7. The van der Waals surface area contributed by atoms with Gasteiger partial charge in [-0.05, 0) is 54.6 Å². The summed E-state index contributed by atoms with van der Waals surface area (Å²) < 4.78 is 7.47. The number of anilines is 2. The quantitative estimate of drug-likeness (QED) is 0.391. The van der Waals surface area contributed by atoms with Crippen LogP contribution in [0.5, 0.6) is 0 Å². The number of morpholine rings is 1. The molecular weight excluding hydrogens is 448 g/mol. The molecule has 0 saturated carbocycles. The van der Waals surface area contributed by atoms with Crippen molar-refractivity contribution >= 4 is 39.8 Å². The van der Waals surface area contributed by atoms with Crippen LogP contribution in [0, 0.1) is 0 Å². The molecule has 34 heavy (non-hydrogen) atoms. The number of amides is 1. The van der Waals surface area contributed by atoms with Crippen LogP contribution in [0.3, 0.4) is 0 Å². The van der Waals surface area contributed by atoms with Gasteiger partial charge >= 0.3 is 0 Å². The summed E-state index contributed by atoms with van der Waals surface area (Å²) in [5.74, 6) is -0.0576. The fourth-order valence-corrected chi connectivity index (χ4v) is 4.40. The predicted octanol–water partition coefficient (Wildman–Crippen LogP) is 5.09. The van der Waals surface area contributed by atoms with Gasteiger partial charge in [0.1, 0.15) is 0 Å². The molecular formula is C27H27ClN4O2. The van der Waals surface area contributed by atoms with Crippen molar-refractivity contribution in [1.29, 1.82) is 0 Å². The largest absolute Gasteiger partial charge is 0.379 e. The number of hydrogen-bond donors (Lipinski definition) is 2. The molecule has 0 radical (unpaired) electrons. The number of carbonyl (C=O) groups is 1. The van der Waals surface area contributed by atoms with Gasteiger partial charge in [0.2, 0.25) is 0 Å². The topological polar surface area (TPSA) is 58.5 Å². The van der Waals surface area contributed by atoms with E-state index in [0.29, 0.717) is 17.1 Å². The second kappa shape index (κ2) is 10.3. The molecule has 6 nitrogen and oxygen atoms in total. The fourth-order valence-electron chi connectivity index (χ4n) is 4.21. The third kappa shape index (κ3) is 5.09. The molecule has 1 saturated heterocycles. The number of carbonyl (C=O) groups excluding carboxylic acids is 1. The molecule has 1 aliphatic heterocycles. The molecule has 3 aromatic carbocycles. The van der Waals surface area contributed by atoms with Gasteiger partial charge in [0.15, 0.2) is 0 Å². The number of aromatic nitrogens is 1. The maximum absolute atomic E-state index is 12.7. The summed E-state index contributed by atoms with van der Waals surface area (Å²) in [4.78, 5) is 15.0. The number of halogens is 1. The zero-order valence-electron chi connectivity index (χ0n) is 18.8. The number of nitrogens with zero attached hydrogens (tertiary/aromatic N) is 2. The average molecular weight is 475 g/mol. The third-order valence-corrected chi connectivity index (χ3v) is 6.38. The van der Waals surface area contributed by atoms with Gasteiger partial charge in [-0.1, -0.05) is 29.8 Å². The van der Waals surface area contributed by atoms with E-state index in [2.05, 4.69) is 38.3 Å². The molecule has 1 fully saturated rings. The summed E-state index contributed by atoms with van der Waals surface area (Å²) in [5, 5.41) is 8.19. The van der Waals surface area contributed by atoms with Crippen molar-refractivity contribution in [3.8, 4) is 5.69 Å². The van der Waals surface area contributed by atoms with Gasteiger partial charge in [-0.15, -0.1) is 0 Å². The highest BCUT2D eigenvalue weighted by atomic mass is 35.5. The lowest BCUT2D eigenvalue weighted by Crippen LogP contribution is -2.41. The second-order valence-electron chi connectivity index (χ2n) is 8.32. The van der Waals surface area contributed by atoms with Crippen molar-refractivity contribution in [2.24, 2.45) is 0 Å². The Balaban J connectivity index is 1.29. The van der Waals surface area contributed by atoms with E-state index in [1.807, 2.05) is 60.8 Å². The first-order chi connectivity index (χ1) is 16.7. The molecule has 1 amide bonds. The number of nitrogens with one attached hydrogen (secondary N) is 2. The van der Waals surface area contributed by atoms with Gasteiger partial charge in [0, 0.05) is 54.7 Å². The van der Waals surface area contributed by atoms with Crippen LogP contribution in [-0.4, -0.2) is 54.8 Å². The number of hydrogen-bond acceptors (Lipinski definition) is 4. The summed E-state index contributed by atoms with van der Waals surface area (Å²) in [7, 11) is 0. The zero-order valence-corrected chi connectivity index (χ0v) is 19.6. The number of para-hydroxylation sites is 1. The van der Waals surface area contributed by atoms with Gasteiger partial charge < -0.3 is 19.9 Å². The highest BCUT2D eigenvalue weighted by Gasteiger charge is 2.12. The van der Waals surface area contributed by atoms with E-state index in [1.54, 1.807) is 0 Å². The van der Waals surface area contributed by atoms with E-state index in [9.17, 15) is 4.79 Å². The van der Waals surface area contributed by atoms with E-state index in [1.165, 1.54) is 0 Å². The van der Waals surface area contributed by atoms with Crippen LogP contribution in [0.4, 0.5) is 11.4 Å². The highest BCUT2D eigenvalue weighted by molar-refractivity contribution is 6.33. The molecule has 1 aliphatic rings. The van der Waals surface area contributed by atoms with Gasteiger partial charge in [0.05, 0.1) is 29.4 Å². The Morgan fingerprint density at radius 1 is 0.971 bits per heavy atom. The smallest absolute Gasteiger partial charge is 0.251 e. The lowest BCUT2D eigenvalue weighted by Gasteiger charge is -2.26. The first-order valence-electron chi connectivity index (χ1n) is 11.5. The molecule has 0 atom stereocenters. The van der Waals surface area contributed by atoms with E-state index in [4.69, 9.17) is 16.3 Å². The molecule has 174 valence electrons. The Morgan fingerprint density at radius 2 is 1.82 bits per heavy atom. The minimum absolute atomic E-state index is 0.0576. The van der Waals surface area contributed by atoms with Crippen LogP contribution in [0.2, 0.25) is 5.02 Å². The summed E-state index contributed by atoms with van der Waals surface area (Å²) in [5.41, 5.74) is 4.50.